The molecule has 0 saturated carbocycles. The predicted octanol–water partition coefficient (Wildman–Crippen LogP) is 4.22. The molecule has 0 radical (unpaired) electrons. The van der Waals surface area contributed by atoms with Crippen molar-refractivity contribution in [3.8, 4) is 0 Å². The maximum absolute atomic E-state index is 10.7. The number of carbonyl (C=O) groups is 1. The van der Waals surface area contributed by atoms with Crippen LogP contribution in [0.2, 0.25) is 5.04 Å². The molecule has 158 valence electrons. The van der Waals surface area contributed by atoms with Gasteiger partial charge in [0.15, 0.2) is 0 Å². The molecule has 2 aromatic carbocycles. The minimum atomic E-state index is -2.57. The van der Waals surface area contributed by atoms with Gasteiger partial charge in [0.05, 0.1) is 12.7 Å². The number of unbranched alkanes of at least 4 members (excludes halogenated alkanes) is 1. The molecule has 0 aromatic heterocycles. The third-order valence-corrected chi connectivity index (χ3v) is 10.4. The lowest BCUT2D eigenvalue weighted by Gasteiger charge is -2.43. The van der Waals surface area contributed by atoms with Gasteiger partial charge in [-0.05, 0) is 28.3 Å². The van der Waals surface area contributed by atoms with Gasteiger partial charge in [-0.1, -0.05) is 87.9 Å². The molecule has 5 heteroatoms. The molecule has 0 aliphatic rings. The van der Waals surface area contributed by atoms with Gasteiger partial charge in [-0.3, -0.25) is 4.79 Å². The molecular formula is C24H34O4Si. The summed E-state index contributed by atoms with van der Waals surface area (Å²) < 4.78 is 12.6. The van der Waals surface area contributed by atoms with Crippen molar-refractivity contribution in [2.75, 3.05) is 13.7 Å². The molecule has 4 nitrogen and oxygen atoms in total. The SMILES string of the molecule is CO[C@@H](CCCCC(=O)O)CO[Si](c1ccccc1)(c1ccccc1)C(C)(C)C. The topological polar surface area (TPSA) is 55.8 Å². The Labute approximate surface area is 176 Å². The van der Waals surface area contributed by atoms with Crippen LogP contribution in [0.25, 0.3) is 0 Å². The fraction of sp³-hybridized carbons (Fsp3) is 0.458. The van der Waals surface area contributed by atoms with E-state index in [0.29, 0.717) is 13.0 Å². The first-order valence-electron chi connectivity index (χ1n) is 10.3. The zero-order chi connectivity index (χ0) is 21.3. The summed E-state index contributed by atoms with van der Waals surface area (Å²) in [4.78, 5) is 10.7. The molecule has 0 aliphatic carbocycles. The van der Waals surface area contributed by atoms with E-state index in [9.17, 15) is 4.79 Å². The Morgan fingerprint density at radius 1 is 0.966 bits per heavy atom. The fourth-order valence-corrected chi connectivity index (χ4v) is 8.49. The highest BCUT2D eigenvalue weighted by Crippen LogP contribution is 2.37. The highest BCUT2D eigenvalue weighted by atomic mass is 28.4. The maximum Gasteiger partial charge on any atom is 0.303 e. The Morgan fingerprint density at radius 2 is 1.48 bits per heavy atom. The largest absolute Gasteiger partial charge is 0.481 e. The number of hydrogen-bond acceptors (Lipinski definition) is 3. The van der Waals surface area contributed by atoms with Crippen LogP contribution in [0, 0.1) is 0 Å². The van der Waals surface area contributed by atoms with Gasteiger partial charge in [0.1, 0.15) is 0 Å². The molecule has 0 heterocycles. The smallest absolute Gasteiger partial charge is 0.303 e. The molecule has 0 saturated heterocycles. The Balaban J connectivity index is 2.29. The van der Waals surface area contributed by atoms with E-state index in [2.05, 4.69) is 69.3 Å². The molecule has 0 unspecified atom stereocenters. The molecule has 0 bridgehead atoms. The Morgan fingerprint density at radius 3 is 1.90 bits per heavy atom. The summed E-state index contributed by atoms with van der Waals surface area (Å²) in [6, 6.07) is 21.1. The van der Waals surface area contributed by atoms with Gasteiger partial charge in [0.2, 0.25) is 0 Å². The molecule has 1 atom stereocenters. The predicted molar refractivity (Wildman–Crippen MR) is 120 cm³/mol. The van der Waals surface area contributed by atoms with Crippen molar-refractivity contribution < 1.29 is 19.1 Å². The molecule has 29 heavy (non-hydrogen) atoms. The van der Waals surface area contributed by atoms with Gasteiger partial charge in [-0.15, -0.1) is 0 Å². The summed E-state index contributed by atoms with van der Waals surface area (Å²) >= 11 is 0. The monoisotopic (exact) mass is 414 g/mol. The highest BCUT2D eigenvalue weighted by molar-refractivity contribution is 6.99. The number of carboxylic acids is 1. The van der Waals surface area contributed by atoms with Crippen LogP contribution in [0.1, 0.15) is 46.5 Å². The molecule has 2 aromatic rings. The van der Waals surface area contributed by atoms with Crippen LogP contribution in [0.5, 0.6) is 0 Å². The average molecular weight is 415 g/mol. The van der Waals surface area contributed by atoms with E-state index < -0.39 is 14.3 Å². The third kappa shape index (κ3) is 6.01. The average Bonchev–Trinajstić information content (AvgIpc) is 2.70. The van der Waals surface area contributed by atoms with E-state index in [-0.39, 0.29) is 17.6 Å². The van der Waals surface area contributed by atoms with Gasteiger partial charge >= 0.3 is 5.97 Å². The van der Waals surface area contributed by atoms with Crippen LogP contribution in [-0.2, 0) is 14.0 Å². The third-order valence-electron chi connectivity index (χ3n) is 5.40. The first-order chi connectivity index (χ1) is 13.8. The molecule has 0 amide bonds. The Kier molecular flexibility index (Phi) is 8.62. The van der Waals surface area contributed by atoms with Crippen LogP contribution >= 0.6 is 0 Å². The summed E-state index contributed by atoms with van der Waals surface area (Å²) in [6.07, 6.45) is 2.42. The van der Waals surface area contributed by atoms with Crippen molar-refractivity contribution in [2.45, 2.75) is 57.6 Å². The standard InChI is InChI=1S/C24H34O4Si/c1-24(2,3)29(21-14-7-5-8-15-21,22-16-9-6-10-17-22)28-19-20(27-4)13-11-12-18-23(25)26/h5-10,14-17,20H,11-13,18-19H2,1-4H3,(H,25,26)/t20-/m0/s1. The number of carboxylic acid groups (broad SMARTS) is 1. The van der Waals surface area contributed by atoms with E-state index in [4.69, 9.17) is 14.3 Å². The molecule has 2 rings (SSSR count). The molecule has 0 spiro atoms. The zero-order valence-corrected chi connectivity index (χ0v) is 19.1. The van der Waals surface area contributed by atoms with E-state index in [0.717, 1.165) is 12.8 Å². The van der Waals surface area contributed by atoms with E-state index in [1.54, 1.807) is 7.11 Å². The minimum Gasteiger partial charge on any atom is -0.481 e. The molecule has 1 N–H and O–H groups in total. The van der Waals surface area contributed by atoms with Crippen molar-refractivity contribution >= 4 is 24.7 Å². The normalized spacial score (nSPS) is 13.2. The first-order valence-corrected chi connectivity index (χ1v) is 12.2. The van der Waals surface area contributed by atoms with Crippen molar-refractivity contribution in [2.24, 2.45) is 0 Å². The second-order valence-corrected chi connectivity index (χ2v) is 12.8. The van der Waals surface area contributed by atoms with Crippen molar-refractivity contribution in [1.29, 1.82) is 0 Å². The van der Waals surface area contributed by atoms with Crippen LogP contribution in [0.15, 0.2) is 60.7 Å². The second-order valence-electron chi connectivity index (χ2n) is 8.47. The van der Waals surface area contributed by atoms with Crippen molar-refractivity contribution in [1.82, 2.24) is 0 Å². The second kappa shape index (κ2) is 10.7. The molecular weight excluding hydrogens is 380 g/mol. The summed E-state index contributed by atoms with van der Waals surface area (Å²) in [5.74, 6) is -0.748. The van der Waals surface area contributed by atoms with Crippen LogP contribution in [0.3, 0.4) is 0 Å². The summed E-state index contributed by atoms with van der Waals surface area (Å²) in [7, 11) is -0.863. The lowest BCUT2D eigenvalue weighted by molar-refractivity contribution is -0.137. The zero-order valence-electron chi connectivity index (χ0n) is 18.1. The number of benzene rings is 2. The van der Waals surface area contributed by atoms with E-state index >= 15 is 0 Å². The molecule has 0 fully saturated rings. The maximum atomic E-state index is 10.7. The fourth-order valence-electron chi connectivity index (χ4n) is 3.90. The van der Waals surface area contributed by atoms with Gasteiger partial charge in [-0.25, -0.2) is 0 Å². The minimum absolute atomic E-state index is 0.0505. The van der Waals surface area contributed by atoms with Crippen LogP contribution in [-0.4, -0.2) is 39.2 Å². The van der Waals surface area contributed by atoms with Gasteiger partial charge < -0.3 is 14.3 Å². The number of rotatable bonds is 11. The Bertz CT molecular complexity index is 701. The Hall–Kier alpha value is -1.95. The first kappa shape index (κ1) is 23.3. The quantitative estimate of drug-likeness (QED) is 0.442. The summed E-state index contributed by atoms with van der Waals surface area (Å²) in [5.41, 5.74) is 0. The number of ether oxygens (including phenoxy) is 1. The van der Waals surface area contributed by atoms with E-state index in [1.165, 1.54) is 10.4 Å². The lowest BCUT2D eigenvalue weighted by atomic mass is 10.1. The molecule has 0 aliphatic heterocycles. The van der Waals surface area contributed by atoms with E-state index in [1.807, 2.05) is 12.1 Å². The van der Waals surface area contributed by atoms with Gasteiger partial charge in [-0.2, -0.15) is 0 Å². The summed E-state index contributed by atoms with van der Waals surface area (Å²) in [5, 5.41) is 11.3. The van der Waals surface area contributed by atoms with Gasteiger partial charge in [0.25, 0.3) is 8.32 Å². The van der Waals surface area contributed by atoms with Crippen molar-refractivity contribution in [3.05, 3.63) is 60.7 Å². The lowest BCUT2D eigenvalue weighted by Crippen LogP contribution is -2.67. The number of aliphatic carboxylic acids is 1. The number of hydrogen-bond donors (Lipinski definition) is 1. The summed E-state index contributed by atoms with van der Waals surface area (Å²) in [6.45, 7) is 7.27. The highest BCUT2D eigenvalue weighted by Gasteiger charge is 2.50. The van der Waals surface area contributed by atoms with Crippen molar-refractivity contribution in [3.63, 3.8) is 0 Å². The van der Waals surface area contributed by atoms with Crippen LogP contribution < -0.4 is 10.4 Å². The van der Waals surface area contributed by atoms with Crippen LogP contribution in [0.4, 0.5) is 0 Å². The van der Waals surface area contributed by atoms with Gasteiger partial charge in [0, 0.05) is 13.5 Å². The number of methoxy groups -OCH3 is 1.